The van der Waals surface area contributed by atoms with E-state index in [1.807, 2.05) is 44.0 Å². The number of benzene rings is 2. The summed E-state index contributed by atoms with van der Waals surface area (Å²) in [4.78, 5) is 14.1. The Morgan fingerprint density at radius 1 is 1.16 bits per heavy atom. The van der Waals surface area contributed by atoms with Crippen LogP contribution in [0, 0.1) is 13.8 Å². The molecule has 0 heterocycles. The molecule has 0 atom stereocenters. The van der Waals surface area contributed by atoms with E-state index < -0.39 is 0 Å². The molecule has 0 saturated carbocycles. The van der Waals surface area contributed by atoms with Gasteiger partial charge in [0.05, 0.1) is 11.6 Å². The summed E-state index contributed by atoms with van der Waals surface area (Å²) in [5.74, 6) is 0.489. The summed E-state index contributed by atoms with van der Waals surface area (Å²) >= 11 is 12.0. The van der Waals surface area contributed by atoms with Crippen LogP contribution in [0.1, 0.15) is 11.1 Å². The van der Waals surface area contributed by atoms with Crippen LogP contribution in [-0.4, -0.2) is 37.6 Å². The summed E-state index contributed by atoms with van der Waals surface area (Å²) in [7, 11) is 1.87. The minimum atomic E-state index is -0.0549. The van der Waals surface area contributed by atoms with Crippen molar-refractivity contribution in [2.24, 2.45) is 0 Å². The highest BCUT2D eigenvalue weighted by atomic mass is 35.5. The molecule has 1 amide bonds. The molecule has 2 aromatic rings. The van der Waals surface area contributed by atoms with E-state index >= 15 is 0 Å². The number of aryl methyl sites for hydroxylation is 2. The fourth-order valence-corrected chi connectivity index (χ4v) is 2.75. The van der Waals surface area contributed by atoms with Gasteiger partial charge in [-0.3, -0.25) is 9.69 Å². The maximum Gasteiger partial charge on any atom is 0.238 e. The standard InChI is InChI=1S/C19H22Cl2N2O2/c1-13-5-4-6-14(2)19(13)22-18(24)12-23(3)9-10-25-17-11-15(20)7-8-16(17)21/h4-8,11H,9-10,12H2,1-3H3,(H,22,24). The molecule has 6 heteroatoms. The lowest BCUT2D eigenvalue weighted by atomic mass is 10.1. The van der Waals surface area contributed by atoms with Gasteiger partial charge in [0.2, 0.25) is 5.91 Å². The van der Waals surface area contributed by atoms with Crippen LogP contribution in [0.15, 0.2) is 36.4 Å². The van der Waals surface area contributed by atoms with Gasteiger partial charge in [0.1, 0.15) is 12.4 Å². The predicted molar refractivity (Wildman–Crippen MR) is 104 cm³/mol. The van der Waals surface area contributed by atoms with Crippen LogP contribution in [0.5, 0.6) is 5.75 Å². The minimum absolute atomic E-state index is 0.0549. The van der Waals surface area contributed by atoms with Crippen molar-refractivity contribution in [3.8, 4) is 5.75 Å². The van der Waals surface area contributed by atoms with Crippen LogP contribution in [0.25, 0.3) is 0 Å². The zero-order valence-electron chi connectivity index (χ0n) is 14.6. The van der Waals surface area contributed by atoms with Crippen LogP contribution in [0.4, 0.5) is 5.69 Å². The number of carbonyl (C=O) groups excluding carboxylic acids is 1. The van der Waals surface area contributed by atoms with Gasteiger partial charge >= 0.3 is 0 Å². The van der Waals surface area contributed by atoms with Gasteiger partial charge in [0, 0.05) is 23.3 Å². The van der Waals surface area contributed by atoms with E-state index in [9.17, 15) is 4.79 Å². The molecular formula is C19H22Cl2N2O2. The van der Waals surface area contributed by atoms with Crippen molar-refractivity contribution in [2.75, 3.05) is 32.1 Å². The topological polar surface area (TPSA) is 41.6 Å². The molecule has 2 aromatic carbocycles. The Morgan fingerprint density at radius 3 is 2.52 bits per heavy atom. The largest absolute Gasteiger partial charge is 0.491 e. The molecule has 134 valence electrons. The zero-order valence-corrected chi connectivity index (χ0v) is 16.1. The third-order valence-corrected chi connectivity index (χ3v) is 4.33. The van der Waals surface area contributed by atoms with E-state index in [2.05, 4.69) is 5.32 Å². The molecule has 1 N–H and O–H groups in total. The molecule has 0 aliphatic carbocycles. The number of anilines is 1. The van der Waals surface area contributed by atoms with Gasteiger partial charge in [-0.1, -0.05) is 41.4 Å². The first-order chi connectivity index (χ1) is 11.9. The zero-order chi connectivity index (χ0) is 18.4. The van der Waals surface area contributed by atoms with Crippen molar-refractivity contribution in [1.82, 2.24) is 4.90 Å². The second kappa shape index (κ2) is 9.09. The number of nitrogens with zero attached hydrogens (tertiary/aromatic N) is 1. The molecule has 0 radical (unpaired) electrons. The molecule has 0 aromatic heterocycles. The third kappa shape index (κ3) is 5.92. The maximum atomic E-state index is 12.2. The van der Waals surface area contributed by atoms with Crippen LogP contribution >= 0.6 is 23.2 Å². The van der Waals surface area contributed by atoms with Crippen LogP contribution in [-0.2, 0) is 4.79 Å². The van der Waals surface area contributed by atoms with Gasteiger partial charge in [0.25, 0.3) is 0 Å². The van der Waals surface area contributed by atoms with Gasteiger partial charge in [-0.05, 0) is 44.2 Å². The molecule has 0 fully saturated rings. The number of likely N-dealkylation sites (N-methyl/N-ethyl adjacent to an activating group) is 1. The van der Waals surface area contributed by atoms with Crippen molar-refractivity contribution in [3.05, 3.63) is 57.6 Å². The maximum absolute atomic E-state index is 12.2. The molecule has 0 saturated heterocycles. The highest BCUT2D eigenvalue weighted by molar-refractivity contribution is 6.34. The minimum Gasteiger partial charge on any atom is -0.491 e. The fourth-order valence-electron chi connectivity index (χ4n) is 2.41. The lowest BCUT2D eigenvalue weighted by Crippen LogP contribution is -2.33. The number of carbonyl (C=O) groups is 1. The van der Waals surface area contributed by atoms with E-state index in [1.54, 1.807) is 18.2 Å². The number of para-hydroxylation sites is 1. The van der Waals surface area contributed by atoms with Crippen molar-refractivity contribution in [1.29, 1.82) is 0 Å². The molecule has 4 nitrogen and oxygen atoms in total. The van der Waals surface area contributed by atoms with E-state index in [0.717, 1.165) is 16.8 Å². The summed E-state index contributed by atoms with van der Waals surface area (Å²) in [6.07, 6.45) is 0. The Balaban J connectivity index is 1.81. The Hall–Kier alpha value is -1.75. The van der Waals surface area contributed by atoms with E-state index in [-0.39, 0.29) is 12.5 Å². The molecule has 0 spiro atoms. The van der Waals surface area contributed by atoms with Gasteiger partial charge in [-0.25, -0.2) is 0 Å². The summed E-state index contributed by atoms with van der Waals surface area (Å²) < 4.78 is 5.64. The van der Waals surface area contributed by atoms with Gasteiger partial charge in [-0.2, -0.15) is 0 Å². The number of hydrogen-bond donors (Lipinski definition) is 1. The fraction of sp³-hybridized carbons (Fsp3) is 0.316. The molecule has 0 unspecified atom stereocenters. The third-order valence-electron chi connectivity index (χ3n) is 3.78. The Bertz CT molecular complexity index is 730. The number of amides is 1. The van der Waals surface area contributed by atoms with Crippen molar-refractivity contribution in [2.45, 2.75) is 13.8 Å². The van der Waals surface area contributed by atoms with Gasteiger partial charge < -0.3 is 10.1 Å². The smallest absolute Gasteiger partial charge is 0.238 e. The van der Waals surface area contributed by atoms with Gasteiger partial charge in [0.15, 0.2) is 0 Å². The monoisotopic (exact) mass is 380 g/mol. The second-order valence-corrected chi connectivity index (χ2v) is 6.82. The Kier molecular flexibility index (Phi) is 7.12. The van der Waals surface area contributed by atoms with Crippen LogP contribution in [0.2, 0.25) is 10.0 Å². The second-order valence-electron chi connectivity index (χ2n) is 5.98. The van der Waals surface area contributed by atoms with E-state index in [1.165, 1.54) is 0 Å². The highest BCUT2D eigenvalue weighted by Gasteiger charge is 2.10. The van der Waals surface area contributed by atoms with E-state index in [4.69, 9.17) is 27.9 Å². The number of rotatable bonds is 7. The molecular weight excluding hydrogens is 359 g/mol. The lowest BCUT2D eigenvalue weighted by Gasteiger charge is -2.18. The van der Waals surface area contributed by atoms with Crippen molar-refractivity contribution < 1.29 is 9.53 Å². The normalized spacial score (nSPS) is 10.8. The quantitative estimate of drug-likeness (QED) is 0.765. The first kappa shape index (κ1) is 19.6. The van der Waals surface area contributed by atoms with Gasteiger partial charge in [-0.15, -0.1) is 0 Å². The number of nitrogens with one attached hydrogen (secondary N) is 1. The van der Waals surface area contributed by atoms with E-state index in [0.29, 0.717) is 28.9 Å². The predicted octanol–water partition coefficient (Wildman–Crippen LogP) is 4.56. The van der Waals surface area contributed by atoms with Crippen molar-refractivity contribution >= 4 is 34.8 Å². The summed E-state index contributed by atoms with van der Waals surface area (Å²) in [6.45, 7) is 5.24. The first-order valence-corrected chi connectivity index (χ1v) is 8.75. The lowest BCUT2D eigenvalue weighted by molar-refractivity contribution is -0.117. The molecule has 0 aliphatic heterocycles. The highest BCUT2D eigenvalue weighted by Crippen LogP contribution is 2.27. The average molecular weight is 381 g/mol. The first-order valence-electron chi connectivity index (χ1n) is 7.99. The summed E-state index contributed by atoms with van der Waals surface area (Å²) in [5, 5.41) is 4.06. The summed E-state index contributed by atoms with van der Waals surface area (Å²) in [6, 6.07) is 11.0. The molecule has 25 heavy (non-hydrogen) atoms. The average Bonchev–Trinajstić information content (AvgIpc) is 2.54. The number of hydrogen-bond acceptors (Lipinski definition) is 3. The number of halogens is 2. The van der Waals surface area contributed by atoms with Crippen LogP contribution in [0.3, 0.4) is 0 Å². The molecule has 0 aliphatic rings. The Labute approximate surface area is 158 Å². The van der Waals surface area contributed by atoms with Crippen molar-refractivity contribution in [3.63, 3.8) is 0 Å². The molecule has 2 rings (SSSR count). The SMILES string of the molecule is Cc1cccc(C)c1NC(=O)CN(C)CCOc1cc(Cl)ccc1Cl. The number of ether oxygens (including phenoxy) is 1. The molecule has 0 bridgehead atoms. The Morgan fingerprint density at radius 2 is 1.84 bits per heavy atom. The van der Waals surface area contributed by atoms with Crippen LogP contribution < -0.4 is 10.1 Å². The summed E-state index contributed by atoms with van der Waals surface area (Å²) in [5.41, 5.74) is 2.98.